The zero-order valence-electron chi connectivity index (χ0n) is 11.9. The number of halogens is 1. The summed E-state index contributed by atoms with van der Waals surface area (Å²) in [5.41, 5.74) is 0.932. The number of nitrogens with one attached hydrogen (secondary N) is 1. The normalized spacial score (nSPS) is 19.3. The highest BCUT2D eigenvalue weighted by molar-refractivity contribution is 9.09. The maximum Gasteiger partial charge on any atom is 0.227 e. The minimum absolute atomic E-state index is 0.0741. The van der Waals surface area contributed by atoms with E-state index in [0.717, 1.165) is 30.2 Å². The van der Waals surface area contributed by atoms with Gasteiger partial charge in [0.15, 0.2) is 0 Å². The van der Waals surface area contributed by atoms with Gasteiger partial charge in [0.1, 0.15) is 0 Å². The zero-order chi connectivity index (χ0) is 14.4. The van der Waals surface area contributed by atoms with E-state index in [9.17, 15) is 4.79 Å². The molecule has 20 heavy (non-hydrogen) atoms. The maximum atomic E-state index is 12.6. The van der Waals surface area contributed by atoms with Crippen molar-refractivity contribution in [2.45, 2.75) is 37.6 Å². The van der Waals surface area contributed by atoms with Gasteiger partial charge in [0.2, 0.25) is 5.91 Å². The Hall–Kier alpha value is -0.870. The molecule has 1 heterocycles. The smallest absolute Gasteiger partial charge is 0.227 e. The first-order valence-electron chi connectivity index (χ1n) is 7.21. The number of ether oxygens (including phenoxy) is 1. The van der Waals surface area contributed by atoms with Crippen LogP contribution in [0, 0.1) is 0 Å². The third kappa shape index (κ3) is 3.61. The van der Waals surface area contributed by atoms with Gasteiger partial charge in [-0.05, 0) is 24.8 Å². The molecule has 1 aromatic carbocycles. The van der Waals surface area contributed by atoms with Gasteiger partial charge in [-0.25, -0.2) is 0 Å². The summed E-state index contributed by atoms with van der Waals surface area (Å²) in [5, 5.41) is 4.04. The number of rotatable bonds is 5. The average molecular weight is 340 g/mol. The predicted molar refractivity (Wildman–Crippen MR) is 84.2 cm³/mol. The highest BCUT2D eigenvalue weighted by Crippen LogP contribution is 2.26. The number of alkyl halides is 1. The first kappa shape index (κ1) is 15.5. The Morgan fingerprint density at radius 2 is 2.00 bits per heavy atom. The Labute approximate surface area is 129 Å². The van der Waals surface area contributed by atoms with E-state index in [0.29, 0.717) is 13.2 Å². The Kier molecular flexibility index (Phi) is 5.61. The molecule has 1 N–H and O–H groups in total. The summed E-state index contributed by atoms with van der Waals surface area (Å²) in [6.07, 6.45) is 2.55. The van der Waals surface area contributed by atoms with Crippen LogP contribution in [0.3, 0.4) is 0 Å². The molecule has 0 radical (unpaired) electrons. The molecule has 0 saturated carbocycles. The van der Waals surface area contributed by atoms with Crippen LogP contribution in [-0.4, -0.2) is 30.0 Å². The standard InChI is InChI=1S/C16H22BrNO2/c1-2-14(13-6-4-3-5-7-13)15(19)18-16(12-17)8-10-20-11-9-16/h3-7,14H,2,8-12H2,1H3,(H,18,19). The van der Waals surface area contributed by atoms with Crippen LogP contribution < -0.4 is 5.32 Å². The predicted octanol–water partition coefficient (Wildman–Crippen LogP) is 3.24. The van der Waals surface area contributed by atoms with Gasteiger partial charge in [-0.1, -0.05) is 53.2 Å². The fraction of sp³-hybridized carbons (Fsp3) is 0.562. The van der Waals surface area contributed by atoms with Crippen molar-refractivity contribution >= 4 is 21.8 Å². The molecule has 1 aliphatic heterocycles. The van der Waals surface area contributed by atoms with E-state index in [1.54, 1.807) is 0 Å². The van der Waals surface area contributed by atoms with Crippen LogP contribution in [0.5, 0.6) is 0 Å². The van der Waals surface area contributed by atoms with Crippen molar-refractivity contribution in [2.75, 3.05) is 18.5 Å². The van der Waals surface area contributed by atoms with Gasteiger partial charge in [-0.15, -0.1) is 0 Å². The molecule has 1 unspecified atom stereocenters. The van der Waals surface area contributed by atoms with E-state index >= 15 is 0 Å². The quantitative estimate of drug-likeness (QED) is 0.836. The molecule has 1 fully saturated rings. The second-order valence-corrected chi connectivity index (χ2v) is 5.95. The van der Waals surface area contributed by atoms with Gasteiger partial charge in [-0.3, -0.25) is 4.79 Å². The summed E-state index contributed by atoms with van der Waals surface area (Å²) < 4.78 is 5.41. The second kappa shape index (κ2) is 7.23. The van der Waals surface area contributed by atoms with E-state index in [1.807, 2.05) is 30.3 Å². The summed E-state index contributed by atoms with van der Waals surface area (Å²) in [6, 6.07) is 10.0. The van der Waals surface area contributed by atoms with Crippen LogP contribution in [0.1, 0.15) is 37.7 Å². The van der Waals surface area contributed by atoms with Gasteiger partial charge < -0.3 is 10.1 Å². The van der Waals surface area contributed by atoms with Crippen LogP contribution in [0.25, 0.3) is 0 Å². The zero-order valence-corrected chi connectivity index (χ0v) is 13.5. The SMILES string of the molecule is CCC(C(=O)NC1(CBr)CCOCC1)c1ccccc1. The van der Waals surface area contributed by atoms with Crippen LogP contribution in [-0.2, 0) is 9.53 Å². The van der Waals surface area contributed by atoms with Crippen molar-refractivity contribution in [3.8, 4) is 0 Å². The van der Waals surface area contributed by atoms with E-state index in [2.05, 4.69) is 28.2 Å². The Balaban J connectivity index is 2.09. The van der Waals surface area contributed by atoms with E-state index < -0.39 is 0 Å². The molecule has 1 amide bonds. The second-order valence-electron chi connectivity index (χ2n) is 5.39. The number of amides is 1. The Morgan fingerprint density at radius 3 is 2.55 bits per heavy atom. The summed E-state index contributed by atoms with van der Waals surface area (Å²) in [5.74, 6) is 0.0509. The van der Waals surface area contributed by atoms with E-state index in [4.69, 9.17) is 4.74 Å². The van der Waals surface area contributed by atoms with Gasteiger partial charge in [0, 0.05) is 18.5 Å². The van der Waals surface area contributed by atoms with Crippen molar-refractivity contribution in [1.82, 2.24) is 5.32 Å². The van der Waals surface area contributed by atoms with Gasteiger partial charge in [0.05, 0.1) is 11.5 Å². The van der Waals surface area contributed by atoms with Crippen molar-refractivity contribution in [1.29, 1.82) is 0 Å². The number of carbonyl (C=O) groups excluding carboxylic acids is 1. The van der Waals surface area contributed by atoms with Crippen molar-refractivity contribution in [3.05, 3.63) is 35.9 Å². The van der Waals surface area contributed by atoms with Gasteiger partial charge >= 0.3 is 0 Å². The molecule has 0 spiro atoms. The summed E-state index contributed by atoms with van der Waals surface area (Å²) in [4.78, 5) is 12.6. The number of hydrogen-bond donors (Lipinski definition) is 1. The summed E-state index contributed by atoms with van der Waals surface area (Å²) >= 11 is 3.55. The molecule has 0 bridgehead atoms. The molecule has 0 aliphatic carbocycles. The lowest BCUT2D eigenvalue weighted by Gasteiger charge is -2.37. The lowest BCUT2D eigenvalue weighted by Crippen LogP contribution is -2.54. The third-order valence-corrected chi connectivity index (χ3v) is 5.09. The van der Waals surface area contributed by atoms with Gasteiger partial charge in [-0.2, -0.15) is 0 Å². The van der Waals surface area contributed by atoms with E-state index in [1.165, 1.54) is 0 Å². The first-order chi connectivity index (χ1) is 9.71. The molecule has 1 saturated heterocycles. The third-order valence-electron chi connectivity index (χ3n) is 4.02. The lowest BCUT2D eigenvalue weighted by atomic mass is 9.89. The van der Waals surface area contributed by atoms with Crippen LogP contribution >= 0.6 is 15.9 Å². The molecule has 4 heteroatoms. The molecule has 0 aromatic heterocycles. The van der Waals surface area contributed by atoms with E-state index in [-0.39, 0.29) is 17.4 Å². The van der Waals surface area contributed by atoms with Crippen molar-refractivity contribution in [3.63, 3.8) is 0 Å². The van der Waals surface area contributed by atoms with Crippen molar-refractivity contribution in [2.24, 2.45) is 0 Å². The van der Waals surface area contributed by atoms with Crippen molar-refractivity contribution < 1.29 is 9.53 Å². The highest BCUT2D eigenvalue weighted by atomic mass is 79.9. The molecule has 1 atom stereocenters. The molecular weight excluding hydrogens is 318 g/mol. The first-order valence-corrected chi connectivity index (χ1v) is 8.33. The topological polar surface area (TPSA) is 38.3 Å². The fourth-order valence-electron chi connectivity index (χ4n) is 2.66. The molecule has 3 nitrogen and oxygen atoms in total. The maximum absolute atomic E-state index is 12.6. The van der Waals surface area contributed by atoms with Crippen LogP contribution in [0.15, 0.2) is 30.3 Å². The largest absolute Gasteiger partial charge is 0.381 e. The van der Waals surface area contributed by atoms with Gasteiger partial charge in [0.25, 0.3) is 0 Å². The van der Waals surface area contributed by atoms with Crippen LogP contribution in [0.4, 0.5) is 0 Å². The molecule has 2 rings (SSSR count). The fourth-order valence-corrected chi connectivity index (χ4v) is 3.36. The Bertz CT molecular complexity index is 429. The molecule has 110 valence electrons. The lowest BCUT2D eigenvalue weighted by molar-refractivity contribution is -0.125. The Morgan fingerprint density at radius 1 is 1.35 bits per heavy atom. The number of hydrogen-bond acceptors (Lipinski definition) is 2. The van der Waals surface area contributed by atoms with Crippen LogP contribution in [0.2, 0.25) is 0 Å². The monoisotopic (exact) mass is 339 g/mol. The molecule has 1 aliphatic rings. The molecule has 1 aromatic rings. The minimum Gasteiger partial charge on any atom is -0.381 e. The average Bonchev–Trinajstić information content (AvgIpc) is 2.50. The summed E-state index contributed by atoms with van der Waals surface area (Å²) in [6.45, 7) is 3.49. The highest BCUT2D eigenvalue weighted by Gasteiger charge is 2.34. The summed E-state index contributed by atoms with van der Waals surface area (Å²) in [7, 11) is 0. The minimum atomic E-state index is -0.155. The number of benzene rings is 1. The molecular formula is C16H22BrNO2. The number of carbonyl (C=O) groups is 1.